The van der Waals surface area contributed by atoms with Gasteiger partial charge in [0.15, 0.2) is 0 Å². The van der Waals surface area contributed by atoms with Gasteiger partial charge in [0.25, 0.3) is 0 Å². The fourth-order valence-electron chi connectivity index (χ4n) is 3.08. The molecule has 0 amide bonds. The minimum Gasteiger partial charge on any atom is -0.333 e. The van der Waals surface area contributed by atoms with Crippen molar-refractivity contribution >= 4 is 5.71 Å². The van der Waals surface area contributed by atoms with Gasteiger partial charge in [0.1, 0.15) is 0 Å². The molecule has 1 fully saturated rings. The summed E-state index contributed by atoms with van der Waals surface area (Å²) >= 11 is 0. The second-order valence-corrected chi connectivity index (χ2v) is 7.09. The van der Waals surface area contributed by atoms with Gasteiger partial charge in [0.05, 0.1) is 0 Å². The van der Waals surface area contributed by atoms with E-state index in [0.29, 0.717) is 0 Å². The number of aliphatic imine (C=N–C) groups is 1. The summed E-state index contributed by atoms with van der Waals surface area (Å²) in [4.78, 5) is 6.97. The standard InChI is InChI=1S/C14H19N.C8H17N.C2H6.CH5N/c1-9(2)15-13(6)14-8-11(4)10(3)7-12(14)5;1-2-3-6-9-7-4-5-8-9;2*1-2/h7-8H,1H2,2-6H3;2-8H2,1H3;1-2H3;2H2,1H3. The molecule has 28 heavy (non-hydrogen) atoms. The van der Waals surface area contributed by atoms with Gasteiger partial charge < -0.3 is 10.6 Å². The van der Waals surface area contributed by atoms with Crippen LogP contribution in [0.25, 0.3) is 0 Å². The number of aryl methyl sites for hydroxylation is 3. The summed E-state index contributed by atoms with van der Waals surface area (Å²) in [6.45, 7) is 24.5. The average molecular weight is 390 g/mol. The molecule has 0 atom stereocenters. The molecule has 1 aliphatic rings. The molecule has 2 rings (SSSR count). The highest BCUT2D eigenvalue weighted by atomic mass is 15.1. The highest BCUT2D eigenvalue weighted by molar-refractivity contribution is 6.00. The maximum atomic E-state index is 4.50. The molecule has 1 saturated heterocycles. The maximum absolute atomic E-state index is 4.50. The third-order valence-corrected chi connectivity index (χ3v) is 4.62. The van der Waals surface area contributed by atoms with Crippen LogP contribution in [0.15, 0.2) is 29.4 Å². The number of nitrogens with two attached hydrogens (primary N) is 1. The Bertz CT molecular complexity index is 567. The Kier molecular flexibility index (Phi) is 18.1. The zero-order chi connectivity index (χ0) is 22.1. The summed E-state index contributed by atoms with van der Waals surface area (Å²) in [5.41, 5.74) is 11.5. The van der Waals surface area contributed by atoms with Crippen molar-refractivity contribution in [1.82, 2.24) is 4.90 Å². The summed E-state index contributed by atoms with van der Waals surface area (Å²) in [6, 6.07) is 4.41. The Hall–Kier alpha value is -1.45. The lowest BCUT2D eigenvalue weighted by atomic mass is 9.98. The molecule has 3 heteroatoms. The Balaban J connectivity index is 0. The average Bonchev–Trinajstić information content (AvgIpc) is 3.20. The normalized spacial score (nSPS) is 13.4. The lowest BCUT2D eigenvalue weighted by Crippen LogP contribution is -2.19. The van der Waals surface area contributed by atoms with Gasteiger partial charge in [0, 0.05) is 11.4 Å². The van der Waals surface area contributed by atoms with E-state index >= 15 is 0 Å². The molecule has 0 spiro atoms. The Morgan fingerprint density at radius 1 is 1.00 bits per heavy atom. The van der Waals surface area contributed by atoms with Gasteiger partial charge in [-0.2, -0.15) is 0 Å². The third-order valence-electron chi connectivity index (χ3n) is 4.62. The molecule has 0 aromatic heterocycles. The van der Waals surface area contributed by atoms with Crippen molar-refractivity contribution in [2.24, 2.45) is 10.7 Å². The fraction of sp³-hybridized carbons (Fsp3) is 0.640. The number of hydrogen-bond donors (Lipinski definition) is 1. The van der Waals surface area contributed by atoms with Crippen LogP contribution < -0.4 is 5.73 Å². The van der Waals surface area contributed by atoms with E-state index < -0.39 is 0 Å². The molecule has 0 bridgehead atoms. The van der Waals surface area contributed by atoms with Gasteiger partial charge in [0.2, 0.25) is 0 Å². The molecule has 0 saturated carbocycles. The number of benzene rings is 1. The number of hydrogen-bond acceptors (Lipinski definition) is 3. The van der Waals surface area contributed by atoms with Crippen LogP contribution in [0.5, 0.6) is 0 Å². The van der Waals surface area contributed by atoms with Gasteiger partial charge in [-0.05, 0) is 109 Å². The molecule has 1 aromatic carbocycles. The van der Waals surface area contributed by atoms with Crippen LogP contribution in [-0.4, -0.2) is 37.3 Å². The van der Waals surface area contributed by atoms with Crippen LogP contribution >= 0.6 is 0 Å². The lowest BCUT2D eigenvalue weighted by molar-refractivity contribution is 0.332. The van der Waals surface area contributed by atoms with Crippen molar-refractivity contribution in [2.45, 2.75) is 81.1 Å². The topological polar surface area (TPSA) is 41.6 Å². The molecule has 0 unspecified atom stereocenters. The van der Waals surface area contributed by atoms with E-state index in [4.69, 9.17) is 0 Å². The number of unbranched alkanes of at least 4 members (excludes halogenated alkanes) is 1. The minimum absolute atomic E-state index is 0.852. The van der Waals surface area contributed by atoms with Crippen molar-refractivity contribution in [1.29, 1.82) is 0 Å². The van der Waals surface area contributed by atoms with Gasteiger partial charge in [-0.15, -0.1) is 0 Å². The molecular formula is C25H47N3. The van der Waals surface area contributed by atoms with Crippen molar-refractivity contribution in [2.75, 3.05) is 26.7 Å². The summed E-state index contributed by atoms with van der Waals surface area (Å²) in [5, 5.41) is 0. The van der Waals surface area contributed by atoms with E-state index in [1.165, 1.54) is 74.6 Å². The predicted octanol–water partition coefficient (Wildman–Crippen LogP) is 6.44. The molecular weight excluding hydrogens is 342 g/mol. The first-order valence-corrected chi connectivity index (χ1v) is 10.9. The monoisotopic (exact) mass is 389 g/mol. The van der Waals surface area contributed by atoms with Gasteiger partial charge in [-0.1, -0.05) is 39.8 Å². The fourth-order valence-corrected chi connectivity index (χ4v) is 3.08. The molecule has 3 nitrogen and oxygen atoms in total. The molecule has 0 radical (unpaired) electrons. The van der Waals surface area contributed by atoms with Crippen LogP contribution in [0.3, 0.4) is 0 Å². The van der Waals surface area contributed by atoms with E-state index in [1.54, 1.807) is 0 Å². The van der Waals surface area contributed by atoms with Gasteiger partial charge in [-0.3, -0.25) is 4.99 Å². The number of likely N-dealkylation sites (tertiary alicyclic amines) is 1. The number of allylic oxidation sites excluding steroid dienone is 1. The Morgan fingerprint density at radius 2 is 1.50 bits per heavy atom. The predicted molar refractivity (Wildman–Crippen MR) is 130 cm³/mol. The molecule has 0 aliphatic carbocycles. The zero-order valence-electron chi connectivity index (χ0n) is 20.3. The summed E-state index contributed by atoms with van der Waals surface area (Å²) in [7, 11) is 1.50. The van der Waals surface area contributed by atoms with Crippen LogP contribution in [0.4, 0.5) is 0 Å². The smallest absolute Gasteiger partial charge is 0.0450 e. The SMILES string of the molecule is C=C(C)N=C(C)c1cc(C)c(C)cc1C.CC.CCCCN1CCCC1.CN. The van der Waals surface area contributed by atoms with Crippen LogP contribution in [0.2, 0.25) is 0 Å². The summed E-state index contributed by atoms with van der Waals surface area (Å²) in [6.07, 6.45) is 5.60. The first-order valence-electron chi connectivity index (χ1n) is 10.9. The van der Waals surface area contributed by atoms with Crippen molar-refractivity contribution in [3.05, 3.63) is 46.7 Å². The van der Waals surface area contributed by atoms with Crippen molar-refractivity contribution < 1.29 is 0 Å². The minimum atomic E-state index is 0.852. The Labute approximate surface area is 176 Å². The Morgan fingerprint density at radius 3 is 1.96 bits per heavy atom. The quantitative estimate of drug-likeness (QED) is 0.589. The second-order valence-electron chi connectivity index (χ2n) is 7.09. The lowest BCUT2D eigenvalue weighted by Gasteiger charge is -2.12. The molecule has 162 valence electrons. The van der Waals surface area contributed by atoms with E-state index in [9.17, 15) is 0 Å². The van der Waals surface area contributed by atoms with Crippen molar-refractivity contribution in [3.8, 4) is 0 Å². The molecule has 2 N–H and O–H groups in total. The highest BCUT2D eigenvalue weighted by Gasteiger charge is 2.09. The first-order chi connectivity index (χ1) is 13.3. The molecule has 1 aromatic rings. The van der Waals surface area contributed by atoms with Crippen LogP contribution in [0, 0.1) is 20.8 Å². The van der Waals surface area contributed by atoms with Gasteiger partial charge in [-0.25, -0.2) is 0 Å². The van der Waals surface area contributed by atoms with Crippen molar-refractivity contribution in [3.63, 3.8) is 0 Å². The zero-order valence-corrected chi connectivity index (χ0v) is 20.3. The number of nitrogens with zero attached hydrogens (tertiary/aromatic N) is 2. The summed E-state index contributed by atoms with van der Waals surface area (Å²) < 4.78 is 0. The second kappa shape index (κ2) is 17.6. The van der Waals surface area contributed by atoms with E-state index in [2.05, 4.69) is 62.0 Å². The third kappa shape index (κ3) is 12.1. The van der Waals surface area contributed by atoms with E-state index in [0.717, 1.165) is 11.4 Å². The highest BCUT2D eigenvalue weighted by Crippen LogP contribution is 2.16. The van der Waals surface area contributed by atoms with Gasteiger partial charge >= 0.3 is 0 Å². The largest absolute Gasteiger partial charge is 0.333 e. The van der Waals surface area contributed by atoms with Crippen LogP contribution in [-0.2, 0) is 0 Å². The maximum Gasteiger partial charge on any atom is 0.0450 e. The van der Waals surface area contributed by atoms with Crippen LogP contribution in [0.1, 0.15) is 82.6 Å². The number of rotatable bonds is 5. The first kappa shape index (κ1) is 28.8. The van der Waals surface area contributed by atoms with E-state index in [1.807, 2.05) is 27.7 Å². The van der Waals surface area contributed by atoms with E-state index in [-0.39, 0.29) is 0 Å². The molecule has 1 heterocycles. The molecule has 1 aliphatic heterocycles. The summed E-state index contributed by atoms with van der Waals surface area (Å²) in [5.74, 6) is 0.